The van der Waals surface area contributed by atoms with Gasteiger partial charge in [0.25, 0.3) is 0 Å². The molecule has 1 aromatic rings. The van der Waals surface area contributed by atoms with Crippen molar-refractivity contribution in [1.29, 1.82) is 0 Å². The van der Waals surface area contributed by atoms with Gasteiger partial charge in [-0.25, -0.2) is 10.2 Å². The van der Waals surface area contributed by atoms with E-state index in [0.29, 0.717) is 12.1 Å². The molecule has 4 fully saturated rings. The number of carboxylic acid groups (broad SMARTS) is 1. The van der Waals surface area contributed by atoms with E-state index >= 15 is 0 Å². The summed E-state index contributed by atoms with van der Waals surface area (Å²) in [7, 11) is 0. The lowest BCUT2D eigenvalue weighted by Gasteiger charge is -2.56. The van der Waals surface area contributed by atoms with Crippen LogP contribution in [0.5, 0.6) is 0 Å². The Morgan fingerprint density at radius 3 is 2.24 bits per heavy atom. The third kappa shape index (κ3) is 3.36. The lowest BCUT2D eigenvalue weighted by atomic mass is 9.49. The molecule has 0 spiro atoms. The Balaban J connectivity index is 1.38. The molecule has 1 heterocycles. The molecule has 0 aliphatic heterocycles. The summed E-state index contributed by atoms with van der Waals surface area (Å²) >= 11 is 1.17. The number of nitrogens with zero attached hydrogens (tertiary/aromatic N) is 1. The zero-order valence-corrected chi connectivity index (χ0v) is 15.3. The number of carboxylic acids is 1. The van der Waals surface area contributed by atoms with Gasteiger partial charge in [0.2, 0.25) is 5.91 Å². The van der Waals surface area contributed by atoms with Gasteiger partial charge in [0.05, 0.1) is 10.6 Å². The van der Waals surface area contributed by atoms with Crippen LogP contribution in [0.1, 0.15) is 66.4 Å². The van der Waals surface area contributed by atoms with Gasteiger partial charge in [-0.2, -0.15) is 5.10 Å². The molecule has 4 aliphatic rings. The van der Waals surface area contributed by atoms with Crippen molar-refractivity contribution in [1.82, 2.24) is 5.43 Å². The summed E-state index contributed by atoms with van der Waals surface area (Å²) in [5.41, 5.74) is 3.56. The highest BCUT2D eigenvalue weighted by atomic mass is 32.1. The first-order valence-corrected chi connectivity index (χ1v) is 9.91. The van der Waals surface area contributed by atoms with Crippen LogP contribution in [-0.2, 0) is 4.79 Å². The molecule has 5 rings (SSSR count). The van der Waals surface area contributed by atoms with Gasteiger partial charge in [0, 0.05) is 6.42 Å². The van der Waals surface area contributed by atoms with Crippen LogP contribution >= 0.6 is 11.3 Å². The van der Waals surface area contributed by atoms with Gasteiger partial charge in [0.1, 0.15) is 4.88 Å². The quantitative estimate of drug-likeness (QED) is 0.617. The fraction of sp³-hybridized carbons (Fsp3) is 0.632. The molecule has 0 radical (unpaired) electrons. The molecule has 0 saturated heterocycles. The minimum Gasteiger partial charge on any atom is -0.477 e. The average Bonchev–Trinajstić information content (AvgIpc) is 3.01. The first kappa shape index (κ1) is 16.8. The monoisotopic (exact) mass is 360 g/mol. The first-order chi connectivity index (χ1) is 11.9. The van der Waals surface area contributed by atoms with E-state index in [1.54, 1.807) is 19.1 Å². The Morgan fingerprint density at radius 2 is 1.72 bits per heavy atom. The molecule has 1 amide bonds. The lowest BCUT2D eigenvalue weighted by Crippen LogP contribution is -2.47. The van der Waals surface area contributed by atoms with E-state index in [1.165, 1.54) is 49.9 Å². The minimum atomic E-state index is -0.935. The number of hydrogen-bond acceptors (Lipinski definition) is 4. The topological polar surface area (TPSA) is 78.8 Å². The predicted octanol–water partition coefficient (Wildman–Crippen LogP) is 3.89. The van der Waals surface area contributed by atoms with E-state index in [2.05, 4.69) is 10.5 Å². The Labute approximate surface area is 151 Å². The number of carbonyl (C=O) groups excluding carboxylic acids is 1. The summed E-state index contributed by atoms with van der Waals surface area (Å²) in [6.45, 7) is 1.79. The van der Waals surface area contributed by atoms with Crippen LogP contribution in [0.25, 0.3) is 0 Å². The second-order valence-corrected chi connectivity index (χ2v) is 9.38. The number of thiophene rings is 1. The number of nitrogens with one attached hydrogen (secondary N) is 1. The summed E-state index contributed by atoms with van der Waals surface area (Å²) in [5.74, 6) is 1.57. The van der Waals surface area contributed by atoms with Gasteiger partial charge in [-0.15, -0.1) is 11.3 Å². The molecule has 2 N–H and O–H groups in total. The maximum atomic E-state index is 12.5. The molecule has 25 heavy (non-hydrogen) atoms. The van der Waals surface area contributed by atoms with E-state index < -0.39 is 5.97 Å². The van der Waals surface area contributed by atoms with Crippen LogP contribution in [0.4, 0.5) is 0 Å². The van der Waals surface area contributed by atoms with Crippen molar-refractivity contribution in [2.24, 2.45) is 28.3 Å². The molecule has 0 atom stereocenters. The van der Waals surface area contributed by atoms with Gasteiger partial charge in [-0.1, -0.05) is 0 Å². The van der Waals surface area contributed by atoms with E-state index in [0.717, 1.165) is 22.6 Å². The van der Waals surface area contributed by atoms with Gasteiger partial charge in [-0.3, -0.25) is 4.79 Å². The Hall–Kier alpha value is -1.69. The maximum absolute atomic E-state index is 12.5. The number of hydrazone groups is 1. The highest BCUT2D eigenvalue weighted by Crippen LogP contribution is 2.61. The van der Waals surface area contributed by atoms with Crippen molar-refractivity contribution in [2.75, 3.05) is 0 Å². The van der Waals surface area contributed by atoms with Crippen molar-refractivity contribution in [2.45, 2.75) is 51.9 Å². The summed E-state index contributed by atoms with van der Waals surface area (Å²) in [4.78, 5) is 24.5. The van der Waals surface area contributed by atoms with Crippen molar-refractivity contribution in [3.63, 3.8) is 0 Å². The Morgan fingerprint density at radius 1 is 1.16 bits per heavy atom. The van der Waals surface area contributed by atoms with Crippen LogP contribution in [0.15, 0.2) is 17.2 Å². The zero-order chi connectivity index (χ0) is 17.6. The van der Waals surface area contributed by atoms with Gasteiger partial charge in [0.15, 0.2) is 0 Å². The van der Waals surface area contributed by atoms with Crippen LogP contribution in [0.3, 0.4) is 0 Å². The summed E-state index contributed by atoms with van der Waals surface area (Å²) < 4.78 is 0. The smallest absolute Gasteiger partial charge is 0.345 e. The van der Waals surface area contributed by atoms with Crippen LogP contribution in [0.2, 0.25) is 0 Å². The van der Waals surface area contributed by atoms with Crippen LogP contribution < -0.4 is 5.43 Å². The summed E-state index contributed by atoms with van der Waals surface area (Å²) in [5, 5.41) is 13.2. The molecule has 0 aromatic carbocycles. The van der Waals surface area contributed by atoms with E-state index in [4.69, 9.17) is 5.11 Å². The second kappa shape index (κ2) is 6.24. The van der Waals surface area contributed by atoms with Gasteiger partial charge >= 0.3 is 5.97 Å². The van der Waals surface area contributed by atoms with Crippen molar-refractivity contribution in [3.8, 4) is 0 Å². The molecule has 4 bridgehead atoms. The Kier molecular flexibility index (Phi) is 4.18. The lowest BCUT2D eigenvalue weighted by molar-refractivity contribution is -0.129. The standard InChI is InChI=1S/C19H24N2O3S/c1-11(15-2-3-16(25-15)18(23)24)20-21-17(22)10-19-7-12-4-13(8-19)6-14(5-12)9-19/h2-3,12-14H,4-10H2,1H3,(H,21,22)(H,23,24)/b20-11-. The SMILES string of the molecule is C/C(=N/NC(=O)CC12CC3CC(CC(C3)C1)C2)c1ccc(C(=O)O)s1. The van der Waals surface area contributed by atoms with E-state index in [-0.39, 0.29) is 16.2 Å². The third-order valence-corrected chi connectivity index (χ3v) is 7.40. The summed E-state index contributed by atoms with van der Waals surface area (Å²) in [6.07, 6.45) is 8.34. The maximum Gasteiger partial charge on any atom is 0.345 e. The first-order valence-electron chi connectivity index (χ1n) is 9.09. The largest absolute Gasteiger partial charge is 0.477 e. The Bertz CT molecular complexity index is 701. The average molecular weight is 360 g/mol. The molecule has 1 aromatic heterocycles. The third-order valence-electron chi connectivity index (χ3n) is 6.22. The number of hydrogen-bond donors (Lipinski definition) is 2. The van der Waals surface area contributed by atoms with Crippen molar-refractivity contribution >= 4 is 28.9 Å². The number of carbonyl (C=O) groups is 2. The molecule has 134 valence electrons. The van der Waals surface area contributed by atoms with E-state index in [9.17, 15) is 9.59 Å². The van der Waals surface area contributed by atoms with Crippen LogP contribution in [0, 0.1) is 23.2 Å². The predicted molar refractivity (Wildman–Crippen MR) is 96.9 cm³/mol. The second-order valence-electron chi connectivity index (χ2n) is 8.30. The van der Waals surface area contributed by atoms with Gasteiger partial charge < -0.3 is 5.11 Å². The number of aromatic carboxylic acids is 1. The zero-order valence-electron chi connectivity index (χ0n) is 14.5. The normalized spacial score (nSPS) is 33.5. The molecule has 6 heteroatoms. The van der Waals surface area contributed by atoms with Crippen molar-refractivity contribution in [3.05, 3.63) is 21.9 Å². The molecule has 5 nitrogen and oxygen atoms in total. The van der Waals surface area contributed by atoms with E-state index in [1.807, 2.05) is 0 Å². The fourth-order valence-electron chi connectivity index (χ4n) is 5.74. The molecule has 4 aliphatic carbocycles. The fourth-order valence-corrected chi connectivity index (χ4v) is 6.52. The van der Waals surface area contributed by atoms with Gasteiger partial charge in [-0.05, 0) is 80.8 Å². The van der Waals surface area contributed by atoms with Crippen LogP contribution in [-0.4, -0.2) is 22.7 Å². The highest BCUT2D eigenvalue weighted by Gasteiger charge is 2.51. The number of rotatable bonds is 5. The van der Waals surface area contributed by atoms with Crippen molar-refractivity contribution < 1.29 is 14.7 Å². The highest BCUT2D eigenvalue weighted by molar-refractivity contribution is 7.15. The summed E-state index contributed by atoms with van der Waals surface area (Å²) in [6, 6.07) is 3.30. The molecular formula is C19H24N2O3S. The molecule has 0 unspecified atom stereocenters. The number of amides is 1. The molecular weight excluding hydrogens is 336 g/mol. The molecule has 4 saturated carbocycles. The minimum absolute atomic E-state index is 0.00341.